The lowest BCUT2D eigenvalue weighted by atomic mass is 9.90. The second kappa shape index (κ2) is 4.75. The molecule has 0 aliphatic heterocycles. The number of anilines is 1. The van der Waals surface area contributed by atoms with E-state index in [4.69, 9.17) is 0 Å². The lowest BCUT2D eigenvalue weighted by Gasteiger charge is -2.26. The van der Waals surface area contributed by atoms with Crippen LogP contribution in [0.15, 0.2) is 24.3 Å². The quantitative estimate of drug-likeness (QED) is 0.905. The van der Waals surface area contributed by atoms with Gasteiger partial charge in [-0.15, -0.1) is 10.2 Å². The van der Waals surface area contributed by atoms with Crippen molar-refractivity contribution in [2.45, 2.75) is 19.3 Å². The fraction of sp³-hybridized carbons (Fsp3) is 0.333. The van der Waals surface area contributed by atoms with Crippen molar-refractivity contribution in [3.63, 3.8) is 0 Å². The van der Waals surface area contributed by atoms with Gasteiger partial charge in [0.1, 0.15) is 11.2 Å². The molecule has 2 aromatic rings. The maximum Gasteiger partial charge on any atom is 0.240 e. The average Bonchev–Trinajstić information content (AvgIpc) is 2.91. The molecule has 1 heterocycles. The van der Waals surface area contributed by atoms with Crippen LogP contribution in [0.3, 0.4) is 0 Å². The number of nitrogens with zero attached hydrogens (tertiary/aromatic N) is 4. The van der Waals surface area contributed by atoms with Crippen LogP contribution in [0.4, 0.5) is 10.1 Å². The van der Waals surface area contributed by atoms with E-state index in [1.54, 1.807) is 33.0 Å². The van der Waals surface area contributed by atoms with E-state index in [2.05, 4.69) is 20.6 Å². The van der Waals surface area contributed by atoms with Gasteiger partial charge in [0.15, 0.2) is 5.82 Å². The van der Waals surface area contributed by atoms with Crippen molar-refractivity contribution >= 4 is 11.6 Å². The standard InChI is InChI=1S/C12H14FN5O/c1-12(2,10-14-16-17-15-10)11(19)18(3)9-6-4-5-8(13)7-9/h4-7H,1-3H3,(H,14,15,16,17). The summed E-state index contributed by atoms with van der Waals surface area (Å²) in [5, 5.41) is 13.4. The number of likely N-dealkylation sites (N-methyl/N-ethyl adjacent to an activating group) is 1. The largest absolute Gasteiger partial charge is 0.315 e. The molecule has 2 rings (SSSR count). The molecule has 0 radical (unpaired) electrons. The number of aromatic amines is 1. The van der Waals surface area contributed by atoms with Crippen LogP contribution in [0.1, 0.15) is 19.7 Å². The van der Waals surface area contributed by atoms with Crippen molar-refractivity contribution in [1.82, 2.24) is 20.6 Å². The Hall–Kier alpha value is -2.31. The summed E-state index contributed by atoms with van der Waals surface area (Å²) in [5.74, 6) is -0.352. The van der Waals surface area contributed by atoms with Crippen LogP contribution in [-0.4, -0.2) is 33.6 Å². The second-order valence-corrected chi connectivity index (χ2v) is 4.70. The third-order valence-corrected chi connectivity index (χ3v) is 2.94. The highest BCUT2D eigenvalue weighted by molar-refractivity contribution is 5.99. The maximum absolute atomic E-state index is 13.2. The van der Waals surface area contributed by atoms with Gasteiger partial charge in [0.05, 0.1) is 0 Å². The molecule has 0 saturated heterocycles. The Morgan fingerprint density at radius 2 is 2.16 bits per heavy atom. The molecule has 1 aromatic heterocycles. The van der Waals surface area contributed by atoms with Crippen LogP contribution < -0.4 is 4.90 Å². The normalized spacial score (nSPS) is 11.4. The van der Waals surface area contributed by atoms with E-state index in [1.807, 2.05) is 0 Å². The first-order valence-electron chi connectivity index (χ1n) is 5.70. The number of carbonyl (C=O) groups is 1. The molecular formula is C12H14FN5O. The van der Waals surface area contributed by atoms with Gasteiger partial charge in [-0.05, 0) is 32.0 Å². The SMILES string of the molecule is CN(C(=O)C(C)(C)c1nn[nH]n1)c1cccc(F)c1. The van der Waals surface area contributed by atoms with Gasteiger partial charge in [0.2, 0.25) is 5.91 Å². The summed E-state index contributed by atoms with van der Waals surface area (Å²) in [7, 11) is 1.58. The number of aromatic nitrogens is 4. The van der Waals surface area contributed by atoms with Gasteiger partial charge >= 0.3 is 0 Å². The number of benzene rings is 1. The van der Waals surface area contributed by atoms with Crippen molar-refractivity contribution in [3.05, 3.63) is 35.9 Å². The predicted molar refractivity (Wildman–Crippen MR) is 67.0 cm³/mol. The lowest BCUT2D eigenvalue weighted by Crippen LogP contribution is -2.42. The number of amides is 1. The molecule has 0 aliphatic carbocycles. The van der Waals surface area contributed by atoms with Crippen LogP contribution in [0.5, 0.6) is 0 Å². The summed E-state index contributed by atoms with van der Waals surface area (Å²) in [5.41, 5.74) is -0.477. The molecule has 0 aliphatic rings. The molecule has 19 heavy (non-hydrogen) atoms. The fourth-order valence-corrected chi connectivity index (χ4v) is 1.74. The second-order valence-electron chi connectivity index (χ2n) is 4.70. The minimum Gasteiger partial charge on any atom is -0.315 e. The highest BCUT2D eigenvalue weighted by Crippen LogP contribution is 2.24. The maximum atomic E-state index is 13.2. The van der Waals surface area contributed by atoms with Crippen LogP contribution >= 0.6 is 0 Å². The van der Waals surface area contributed by atoms with Crippen molar-refractivity contribution in [3.8, 4) is 0 Å². The van der Waals surface area contributed by atoms with Crippen molar-refractivity contribution < 1.29 is 9.18 Å². The van der Waals surface area contributed by atoms with Crippen LogP contribution in [-0.2, 0) is 10.2 Å². The molecule has 0 atom stereocenters. The number of hydrogen-bond acceptors (Lipinski definition) is 4. The van der Waals surface area contributed by atoms with E-state index < -0.39 is 11.2 Å². The number of rotatable bonds is 3. The molecule has 0 fully saturated rings. The zero-order valence-electron chi connectivity index (χ0n) is 10.9. The molecule has 7 heteroatoms. The summed E-state index contributed by atoms with van der Waals surface area (Å²) in [6, 6.07) is 5.83. The minimum atomic E-state index is -0.950. The third kappa shape index (κ3) is 2.44. The fourth-order valence-electron chi connectivity index (χ4n) is 1.74. The van der Waals surface area contributed by atoms with E-state index in [9.17, 15) is 9.18 Å². The van der Waals surface area contributed by atoms with Crippen LogP contribution in [0.25, 0.3) is 0 Å². The van der Waals surface area contributed by atoms with E-state index in [-0.39, 0.29) is 5.91 Å². The lowest BCUT2D eigenvalue weighted by molar-refractivity contribution is -0.123. The Balaban J connectivity index is 2.29. The Labute approximate surface area is 109 Å². The van der Waals surface area contributed by atoms with Gasteiger partial charge in [-0.3, -0.25) is 4.79 Å². The first kappa shape index (κ1) is 13.1. The summed E-state index contributed by atoms with van der Waals surface area (Å²) >= 11 is 0. The number of nitrogens with one attached hydrogen (secondary N) is 1. The number of halogens is 1. The van der Waals surface area contributed by atoms with Crippen molar-refractivity contribution in [1.29, 1.82) is 0 Å². The van der Waals surface area contributed by atoms with Crippen molar-refractivity contribution in [2.24, 2.45) is 0 Å². The Bertz CT molecular complexity index is 582. The van der Waals surface area contributed by atoms with E-state index >= 15 is 0 Å². The highest BCUT2D eigenvalue weighted by atomic mass is 19.1. The Morgan fingerprint density at radius 3 is 2.74 bits per heavy atom. The van der Waals surface area contributed by atoms with E-state index in [0.29, 0.717) is 11.5 Å². The molecule has 0 bridgehead atoms. The molecule has 100 valence electrons. The van der Waals surface area contributed by atoms with Crippen LogP contribution in [0, 0.1) is 5.82 Å². The Kier molecular flexibility index (Phi) is 3.28. The number of hydrogen-bond donors (Lipinski definition) is 1. The average molecular weight is 263 g/mol. The van der Waals surface area contributed by atoms with Crippen molar-refractivity contribution in [2.75, 3.05) is 11.9 Å². The number of tetrazole rings is 1. The van der Waals surface area contributed by atoms with Gasteiger partial charge < -0.3 is 4.90 Å². The monoisotopic (exact) mass is 263 g/mol. The summed E-state index contributed by atoms with van der Waals surface area (Å²) < 4.78 is 13.2. The molecular weight excluding hydrogens is 249 g/mol. The van der Waals surface area contributed by atoms with Gasteiger partial charge in [-0.1, -0.05) is 11.3 Å². The van der Waals surface area contributed by atoms with Crippen LogP contribution in [0.2, 0.25) is 0 Å². The zero-order chi connectivity index (χ0) is 14.0. The summed E-state index contributed by atoms with van der Waals surface area (Å²) in [6.07, 6.45) is 0. The molecule has 6 nitrogen and oxygen atoms in total. The Morgan fingerprint density at radius 1 is 1.42 bits per heavy atom. The van der Waals surface area contributed by atoms with Gasteiger partial charge in [0, 0.05) is 12.7 Å². The topological polar surface area (TPSA) is 74.8 Å². The summed E-state index contributed by atoms with van der Waals surface area (Å²) in [6.45, 7) is 3.38. The number of carbonyl (C=O) groups excluding carboxylic acids is 1. The molecule has 0 unspecified atom stereocenters. The zero-order valence-corrected chi connectivity index (χ0v) is 10.9. The van der Waals surface area contributed by atoms with Gasteiger partial charge in [-0.2, -0.15) is 5.21 Å². The summed E-state index contributed by atoms with van der Waals surface area (Å²) in [4.78, 5) is 13.8. The smallest absolute Gasteiger partial charge is 0.240 e. The van der Waals surface area contributed by atoms with Gasteiger partial charge in [-0.25, -0.2) is 4.39 Å². The molecule has 0 spiro atoms. The first-order valence-corrected chi connectivity index (χ1v) is 5.70. The highest BCUT2D eigenvalue weighted by Gasteiger charge is 2.36. The molecule has 0 saturated carbocycles. The number of H-pyrrole nitrogens is 1. The molecule has 1 amide bonds. The first-order chi connectivity index (χ1) is 8.93. The third-order valence-electron chi connectivity index (χ3n) is 2.94. The minimum absolute atomic E-state index is 0.250. The predicted octanol–water partition coefficient (Wildman–Crippen LogP) is 1.28. The van der Waals surface area contributed by atoms with E-state index in [1.165, 1.54) is 17.0 Å². The van der Waals surface area contributed by atoms with Gasteiger partial charge in [0.25, 0.3) is 0 Å². The molecule has 1 aromatic carbocycles. The molecule has 1 N–H and O–H groups in total. The van der Waals surface area contributed by atoms with E-state index in [0.717, 1.165) is 0 Å².